The van der Waals surface area contributed by atoms with E-state index in [2.05, 4.69) is 20.9 Å². The molecule has 0 atom stereocenters. The largest absolute Gasteiger partial charge is 0.379 e. The van der Waals surface area contributed by atoms with E-state index in [1.165, 1.54) is 38.9 Å². The van der Waals surface area contributed by atoms with Crippen molar-refractivity contribution in [2.45, 2.75) is 14.7 Å². The fourth-order valence-corrected chi connectivity index (χ4v) is 11.0. The van der Waals surface area contributed by atoms with E-state index in [0.29, 0.717) is 46.8 Å². The Bertz CT molecular complexity index is 2410. The molecule has 50 heavy (non-hydrogen) atoms. The van der Waals surface area contributed by atoms with Crippen LogP contribution in [0.25, 0.3) is 21.8 Å². The Morgan fingerprint density at radius 2 is 1.36 bits per heavy atom. The van der Waals surface area contributed by atoms with Crippen LogP contribution in [0.1, 0.15) is 10.5 Å². The second-order valence-electron chi connectivity index (χ2n) is 11.2. The number of primary amides is 1. The third kappa shape index (κ3) is 6.96. The lowest BCUT2D eigenvalue weighted by Crippen LogP contribution is -2.41. The number of benzene rings is 3. The number of carbonyl (C=O) groups is 1. The van der Waals surface area contributed by atoms with Crippen molar-refractivity contribution in [2.75, 3.05) is 52.6 Å². The molecule has 14 nitrogen and oxygen atoms in total. The molecule has 2 fully saturated rings. The number of aromatic nitrogens is 2. The molecular formula is C31H31BrClN5O9S3. The molecule has 1 amide bonds. The molecule has 2 aromatic heterocycles. The van der Waals surface area contributed by atoms with Crippen LogP contribution in [0, 0.1) is 0 Å². The summed E-state index contributed by atoms with van der Waals surface area (Å²) >= 11 is 9.40. The molecule has 0 spiro atoms. The summed E-state index contributed by atoms with van der Waals surface area (Å²) < 4.78 is 93.3. The van der Waals surface area contributed by atoms with Gasteiger partial charge in [0.25, 0.3) is 15.9 Å². The van der Waals surface area contributed by atoms with Crippen LogP contribution in [0.4, 0.5) is 0 Å². The van der Waals surface area contributed by atoms with Gasteiger partial charge in [-0.25, -0.2) is 29.2 Å². The van der Waals surface area contributed by atoms with E-state index in [4.69, 9.17) is 26.8 Å². The lowest BCUT2D eigenvalue weighted by Gasteiger charge is -2.26. The summed E-state index contributed by atoms with van der Waals surface area (Å²) in [6.07, 6.45) is 1.16. The Labute approximate surface area is 302 Å². The normalized spacial score (nSPS) is 16.7. The number of halogens is 2. The first-order valence-electron chi connectivity index (χ1n) is 15.1. The van der Waals surface area contributed by atoms with Crippen LogP contribution in [0.2, 0.25) is 5.02 Å². The van der Waals surface area contributed by atoms with Gasteiger partial charge >= 0.3 is 0 Å². The number of rotatable bonds is 7. The first kappa shape index (κ1) is 36.5. The maximum absolute atomic E-state index is 13.2. The molecule has 2 aliphatic rings. The van der Waals surface area contributed by atoms with Gasteiger partial charge in [0, 0.05) is 58.2 Å². The van der Waals surface area contributed by atoms with E-state index in [-0.39, 0.29) is 57.5 Å². The molecule has 0 aliphatic carbocycles. The van der Waals surface area contributed by atoms with Crippen molar-refractivity contribution in [1.29, 1.82) is 0 Å². The Morgan fingerprint density at radius 3 is 1.96 bits per heavy atom. The highest BCUT2D eigenvalue weighted by Crippen LogP contribution is 2.34. The van der Waals surface area contributed by atoms with Crippen molar-refractivity contribution < 1.29 is 39.5 Å². The zero-order valence-corrected chi connectivity index (χ0v) is 31.0. The van der Waals surface area contributed by atoms with Gasteiger partial charge in [-0.1, -0.05) is 45.7 Å². The smallest absolute Gasteiger partial charge is 0.268 e. The van der Waals surface area contributed by atoms with Crippen LogP contribution in [0.3, 0.4) is 0 Å². The van der Waals surface area contributed by atoms with Crippen LogP contribution in [0.15, 0.2) is 92.1 Å². The van der Waals surface area contributed by atoms with E-state index < -0.39 is 36.0 Å². The lowest BCUT2D eigenvalue weighted by molar-refractivity contribution is 0.0730. The van der Waals surface area contributed by atoms with Gasteiger partial charge in [0.2, 0.25) is 20.0 Å². The number of fused-ring (bicyclic) bond motifs is 2. The Kier molecular flexibility index (Phi) is 10.5. The number of H-pyrrole nitrogens is 1. The van der Waals surface area contributed by atoms with Crippen molar-refractivity contribution in [3.63, 3.8) is 0 Å². The summed E-state index contributed by atoms with van der Waals surface area (Å²) in [5.74, 6) is -0.806. The molecule has 0 unspecified atom stereocenters. The van der Waals surface area contributed by atoms with Crippen molar-refractivity contribution in [3.8, 4) is 0 Å². The zero-order chi connectivity index (χ0) is 35.8. The van der Waals surface area contributed by atoms with Crippen LogP contribution in [-0.2, 0) is 39.5 Å². The van der Waals surface area contributed by atoms with Crippen molar-refractivity contribution in [2.24, 2.45) is 5.73 Å². The number of carbonyl (C=O) groups excluding carboxylic acids is 1. The second kappa shape index (κ2) is 14.4. The molecule has 0 saturated carbocycles. The summed E-state index contributed by atoms with van der Waals surface area (Å²) in [7, 11) is -11.7. The molecule has 0 bridgehead atoms. The minimum atomic E-state index is -3.98. The minimum Gasteiger partial charge on any atom is -0.379 e. The van der Waals surface area contributed by atoms with Crippen LogP contribution in [-0.4, -0.2) is 101 Å². The average molecular weight is 829 g/mol. The number of nitrogens with zero attached hydrogens (tertiary/aromatic N) is 3. The summed E-state index contributed by atoms with van der Waals surface area (Å²) in [5.41, 5.74) is 6.05. The fourth-order valence-electron chi connectivity index (χ4n) is 5.68. The molecule has 2 saturated heterocycles. The molecule has 266 valence electrons. The van der Waals surface area contributed by atoms with Gasteiger partial charge in [0.05, 0.1) is 36.8 Å². The summed E-state index contributed by atoms with van der Waals surface area (Å²) in [5, 5.41) is 1.02. The molecule has 5 aromatic rings. The zero-order valence-electron chi connectivity index (χ0n) is 26.2. The van der Waals surface area contributed by atoms with Gasteiger partial charge in [-0.15, -0.1) is 0 Å². The molecule has 3 aromatic carbocycles. The number of sulfonamides is 2. The van der Waals surface area contributed by atoms with E-state index >= 15 is 0 Å². The topological polar surface area (TPSA) is 191 Å². The quantitative estimate of drug-likeness (QED) is 0.247. The van der Waals surface area contributed by atoms with Gasteiger partial charge in [0.1, 0.15) is 15.5 Å². The third-order valence-corrected chi connectivity index (χ3v) is 14.4. The number of nitrogens with one attached hydrogen (secondary N) is 1. The van der Waals surface area contributed by atoms with Gasteiger partial charge < -0.3 is 20.2 Å². The Hall–Kier alpha value is -3.33. The van der Waals surface area contributed by atoms with Gasteiger partial charge in [-0.05, 0) is 48.5 Å². The van der Waals surface area contributed by atoms with Crippen molar-refractivity contribution in [1.82, 2.24) is 17.6 Å². The third-order valence-electron chi connectivity index (χ3n) is 8.11. The standard InChI is InChI=1S/C18H17ClN2O5S2.C13H14BrN3O4S/c19-14-6-7-17-16(12-14)18(28(24,25)20-8-10-26-11-9-20)13-21(17)27(22,23)15-4-2-1-3-5-15;14-8-1-2-10-9(7-8)12(11(16-10)13(15)18)22(19,20)17-3-5-21-6-4-17/h1-7,12-13H,8-11H2;1-2,7,16H,3-6H2,(H2,15,18). The van der Waals surface area contributed by atoms with Crippen molar-refractivity contribution in [3.05, 3.63) is 88.1 Å². The van der Waals surface area contributed by atoms with Crippen molar-refractivity contribution >= 4 is 85.3 Å². The number of hydrogen-bond donors (Lipinski definition) is 2. The summed E-state index contributed by atoms with van der Waals surface area (Å²) in [6, 6.07) is 17.5. The summed E-state index contributed by atoms with van der Waals surface area (Å²) in [6.45, 7) is 2.17. The first-order valence-corrected chi connectivity index (χ1v) is 20.6. The molecular weight excluding hydrogens is 798 g/mol. The number of amides is 1. The average Bonchev–Trinajstić information content (AvgIpc) is 3.70. The number of aromatic amines is 1. The van der Waals surface area contributed by atoms with Gasteiger partial charge in [-0.2, -0.15) is 8.61 Å². The number of ether oxygens (including phenoxy) is 2. The monoisotopic (exact) mass is 827 g/mol. The first-order chi connectivity index (χ1) is 23.7. The SMILES string of the molecule is NC(=O)c1[nH]c2ccc(Br)cc2c1S(=O)(=O)N1CCOCC1.O=S(=O)(c1cn(S(=O)(=O)c2ccccc2)c2ccc(Cl)cc12)N1CCOCC1. The predicted molar refractivity (Wildman–Crippen MR) is 190 cm³/mol. The molecule has 2 aliphatic heterocycles. The maximum Gasteiger partial charge on any atom is 0.268 e. The maximum atomic E-state index is 13.2. The van der Waals surface area contributed by atoms with E-state index in [0.717, 1.165) is 10.2 Å². The van der Waals surface area contributed by atoms with Crippen LogP contribution in [0.5, 0.6) is 0 Å². The molecule has 4 heterocycles. The highest BCUT2D eigenvalue weighted by atomic mass is 79.9. The Morgan fingerprint density at radius 1 is 0.760 bits per heavy atom. The number of morpholine rings is 2. The Balaban J connectivity index is 0.000000178. The van der Waals surface area contributed by atoms with Gasteiger partial charge in [-0.3, -0.25) is 4.79 Å². The second-order valence-corrected chi connectivity index (χ2v) is 18.1. The number of hydrogen-bond acceptors (Lipinski definition) is 9. The summed E-state index contributed by atoms with van der Waals surface area (Å²) in [4.78, 5) is 14.4. The molecule has 3 N–H and O–H groups in total. The van der Waals surface area contributed by atoms with E-state index in [9.17, 15) is 30.0 Å². The van der Waals surface area contributed by atoms with Gasteiger partial charge in [0.15, 0.2) is 0 Å². The number of nitrogens with two attached hydrogens (primary N) is 1. The highest BCUT2D eigenvalue weighted by Gasteiger charge is 2.34. The van der Waals surface area contributed by atoms with E-state index in [1.807, 2.05) is 0 Å². The van der Waals surface area contributed by atoms with E-state index in [1.54, 1.807) is 36.4 Å². The molecule has 7 rings (SSSR count). The van der Waals surface area contributed by atoms with Crippen LogP contribution < -0.4 is 5.73 Å². The molecule has 0 radical (unpaired) electrons. The van der Waals surface area contributed by atoms with Crippen LogP contribution >= 0.6 is 27.5 Å². The molecule has 19 heteroatoms. The highest BCUT2D eigenvalue weighted by molar-refractivity contribution is 9.10. The fraction of sp³-hybridized carbons (Fsp3) is 0.258. The minimum absolute atomic E-state index is 0.0668. The predicted octanol–water partition coefficient (Wildman–Crippen LogP) is 3.60. The lowest BCUT2D eigenvalue weighted by atomic mass is 10.2.